The molecule has 0 aromatic heterocycles. The third-order valence-electron chi connectivity index (χ3n) is 13.7. The van der Waals surface area contributed by atoms with E-state index < -0.39 is 22.9 Å². The van der Waals surface area contributed by atoms with Gasteiger partial charge < -0.3 is 4.74 Å². The summed E-state index contributed by atoms with van der Waals surface area (Å²) in [5.74, 6) is -2.81. The largest absolute Gasteiger partial charge is 0.377 e. The van der Waals surface area contributed by atoms with Crippen LogP contribution in [0.5, 0.6) is 0 Å². The molecule has 0 radical (unpaired) electrons. The molecule has 1 heterocycles. The second kappa shape index (κ2) is 6.60. The smallest absolute Gasteiger partial charge is 0.254 e. The van der Waals surface area contributed by atoms with Gasteiger partial charge in [0.05, 0.1) is 18.6 Å². The van der Waals surface area contributed by atoms with Crippen LogP contribution in [0.1, 0.15) is 106 Å². The van der Waals surface area contributed by atoms with Gasteiger partial charge in [0, 0.05) is 6.42 Å². The molecule has 0 N–H and O–H groups in total. The van der Waals surface area contributed by atoms with Gasteiger partial charge in [-0.3, -0.25) is 0 Å². The molecule has 34 heavy (non-hydrogen) atoms. The first-order valence-corrected chi connectivity index (χ1v) is 14.2. The number of hydrogen-bond acceptors (Lipinski definition) is 1. The highest BCUT2D eigenvalue weighted by atomic mass is 19.3. The first kappa shape index (κ1) is 24.1. The van der Waals surface area contributed by atoms with E-state index in [9.17, 15) is 0 Å². The monoisotopic (exact) mass is 480 g/mol. The standard InChI is InChI=1S/C30H47F3O/c1-24(2)12-14-29-15-13-27(6)18(21(29)23(24)34-17-29)8-9-20-26(5)16-30(32,33)22(25(3,4)31)19(26)10-11-28(20,27)7/h18-23H,8-17H2,1-7H3/t18-,19+,20-,21-,22?,23-,26+,27-,28-,29-/m1/s1. The van der Waals surface area contributed by atoms with Crippen molar-refractivity contribution in [3.05, 3.63) is 0 Å². The lowest BCUT2D eigenvalue weighted by Crippen LogP contribution is -2.65. The number of ether oxygens (including phenoxy) is 1. The van der Waals surface area contributed by atoms with E-state index in [-0.39, 0.29) is 34.5 Å². The summed E-state index contributed by atoms with van der Waals surface area (Å²) in [6.45, 7) is 15.6. The number of fused-ring (bicyclic) bond motifs is 5. The molecule has 6 fully saturated rings. The van der Waals surface area contributed by atoms with Gasteiger partial charge in [-0.1, -0.05) is 34.6 Å². The third kappa shape index (κ3) is 2.68. The molecule has 0 amide bonds. The highest BCUT2D eigenvalue weighted by Gasteiger charge is 2.75. The van der Waals surface area contributed by atoms with Crippen LogP contribution in [0, 0.1) is 56.7 Å². The summed E-state index contributed by atoms with van der Waals surface area (Å²) in [6, 6.07) is 0. The van der Waals surface area contributed by atoms with Gasteiger partial charge in [0.1, 0.15) is 5.67 Å². The average Bonchev–Trinajstić information content (AvgIpc) is 3.14. The van der Waals surface area contributed by atoms with Crippen LogP contribution >= 0.6 is 0 Å². The van der Waals surface area contributed by atoms with Crippen molar-refractivity contribution in [2.24, 2.45) is 56.7 Å². The highest BCUT2D eigenvalue weighted by Crippen LogP contribution is 2.79. The van der Waals surface area contributed by atoms with E-state index in [1.165, 1.54) is 39.5 Å². The van der Waals surface area contributed by atoms with Crippen molar-refractivity contribution in [2.75, 3.05) is 6.61 Å². The Balaban J connectivity index is 1.39. The first-order valence-electron chi connectivity index (χ1n) is 14.2. The van der Waals surface area contributed by atoms with Crippen LogP contribution in [0.25, 0.3) is 0 Å². The normalized spacial score (nSPS) is 57.4. The first-order chi connectivity index (χ1) is 15.5. The zero-order valence-corrected chi connectivity index (χ0v) is 22.6. The molecule has 1 aliphatic heterocycles. The third-order valence-corrected chi connectivity index (χ3v) is 13.7. The van der Waals surface area contributed by atoms with Gasteiger partial charge >= 0.3 is 0 Å². The molecule has 10 atom stereocenters. The van der Waals surface area contributed by atoms with E-state index in [1.54, 1.807) is 0 Å². The maximum atomic E-state index is 15.5. The summed E-state index contributed by atoms with van der Waals surface area (Å²) in [7, 11) is 0. The topological polar surface area (TPSA) is 9.23 Å². The molecule has 0 spiro atoms. The van der Waals surface area contributed by atoms with Crippen molar-refractivity contribution in [3.8, 4) is 0 Å². The van der Waals surface area contributed by atoms with Crippen LogP contribution in [0.2, 0.25) is 0 Å². The van der Waals surface area contributed by atoms with Crippen molar-refractivity contribution in [1.29, 1.82) is 0 Å². The summed E-state index contributed by atoms with van der Waals surface area (Å²) >= 11 is 0. The van der Waals surface area contributed by atoms with Crippen molar-refractivity contribution < 1.29 is 17.9 Å². The Morgan fingerprint density at radius 3 is 2.15 bits per heavy atom. The lowest BCUT2D eigenvalue weighted by atomic mass is 9.33. The SMILES string of the molecule is CC(C)(F)C1[C@@H]2CC[C@]3(C)[C@H](CC[C@@H]4[C@@H]5[C@H]6OC[C@@]5(CCC6(C)C)CC[C@]43C)[C@@]2(C)CC1(F)F. The summed E-state index contributed by atoms with van der Waals surface area (Å²) in [5.41, 5.74) is -1.57. The van der Waals surface area contributed by atoms with Crippen LogP contribution in [-0.2, 0) is 4.74 Å². The Labute approximate surface area is 205 Å². The minimum atomic E-state index is -2.92. The van der Waals surface area contributed by atoms with E-state index >= 15 is 13.2 Å². The van der Waals surface area contributed by atoms with Crippen LogP contribution in [0.4, 0.5) is 13.2 Å². The molecule has 2 bridgehead atoms. The van der Waals surface area contributed by atoms with E-state index in [2.05, 4.69) is 34.6 Å². The lowest BCUT2D eigenvalue weighted by molar-refractivity contribution is -0.225. The zero-order valence-electron chi connectivity index (χ0n) is 22.6. The Morgan fingerprint density at radius 1 is 0.794 bits per heavy atom. The summed E-state index contributed by atoms with van der Waals surface area (Å²) in [4.78, 5) is 0. The summed E-state index contributed by atoms with van der Waals surface area (Å²) in [5, 5.41) is 0. The number of halogens is 3. The number of alkyl halides is 3. The minimum absolute atomic E-state index is 0.0369. The Bertz CT molecular complexity index is 877. The van der Waals surface area contributed by atoms with Gasteiger partial charge in [0.2, 0.25) is 0 Å². The molecule has 0 aromatic rings. The van der Waals surface area contributed by atoms with Crippen LogP contribution < -0.4 is 0 Å². The van der Waals surface area contributed by atoms with E-state index in [4.69, 9.17) is 4.74 Å². The lowest BCUT2D eigenvalue weighted by Gasteiger charge is -2.71. The molecule has 5 saturated carbocycles. The van der Waals surface area contributed by atoms with Crippen molar-refractivity contribution in [3.63, 3.8) is 0 Å². The Morgan fingerprint density at radius 2 is 1.47 bits per heavy atom. The number of hydrogen-bond donors (Lipinski definition) is 0. The van der Waals surface area contributed by atoms with Gasteiger partial charge in [-0.25, -0.2) is 13.2 Å². The second-order valence-electron chi connectivity index (χ2n) is 15.8. The maximum absolute atomic E-state index is 15.5. The Kier molecular flexibility index (Phi) is 4.68. The molecule has 1 saturated heterocycles. The Hall–Kier alpha value is -0.250. The average molecular weight is 481 g/mol. The molecule has 1 nitrogen and oxygen atoms in total. The molecule has 4 heteroatoms. The maximum Gasteiger partial charge on any atom is 0.254 e. The van der Waals surface area contributed by atoms with Crippen molar-refractivity contribution >= 4 is 0 Å². The molecular formula is C30H47F3O. The van der Waals surface area contributed by atoms with E-state index in [0.29, 0.717) is 23.4 Å². The predicted octanol–water partition coefficient (Wildman–Crippen LogP) is 8.46. The van der Waals surface area contributed by atoms with Gasteiger partial charge in [-0.2, -0.15) is 0 Å². The molecule has 6 aliphatic rings. The molecule has 194 valence electrons. The molecule has 1 unspecified atom stereocenters. The van der Waals surface area contributed by atoms with Crippen molar-refractivity contribution in [2.45, 2.75) is 124 Å². The predicted molar refractivity (Wildman–Crippen MR) is 129 cm³/mol. The van der Waals surface area contributed by atoms with Gasteiger partial charge in [0.15, 0.2) is 0 Å². The fourth-order valence-electron chi connectivity index (χ4n) is 12.1. The number of rotatable bonds is 1. The van der Waals surface area contributed by atoms with E-state index in [1.807, 2.05) is 0 Å². The zero-order chi connectivity index (χ0) is 24.7. The van der Waals surface area contributed by atoms with Crippen LogP contribution in [-0.4, -0.2) is 24.3 Å². The fourth-order valence-corrected chi connectivity index (χ4v) is 12.1. The van der Waals surface area contributed by atoms with E-state index in [0.717, 1.165) is 32.3 Å². The van der Waals surface area contributed by atoms with Gasteiger partial charge in [-0.15, -0.1) is 0 Å². The molecular weight excluding hydrogens is 433 g/mol. The van der Waals surface area contributed by atoms with Crippen LogP contribution in [0.3, 0.4) is 0 Å². The second-order valence-corrected chi connectivity index (χ2v) is 15.8. The quantitative estimate of drug-likeness (QED) is 0.366. The molecule has 5 aliphatic carbocycles. The minimum Gasteiger partial charge on any atom is -0.377 e. The molecule has 0 aromatic carbocycles. The highest BCUT2D eigenvalue weighted by molar-refractivity contribution is 5.22. The molecule has 6 rings (SSSR count). The fraction of sp³-hybridized carbons (Fsp3) is 1.00. The van der Waals surface area contributed by atoms with Crippen LogP contribution in [0.15, 0.2) is 0 Å². The summed E-state index contributed by atoms with van der Waals surface area (Å²) in [6.07, 6.45) is 9.07. The van der Waals surface area contributed by atoms with Gasteiger partial charge in [0.25, 0.3) is 5.92 Å². The van der Waals surface area contributed by atoms with Crippen molar-refractivity contribution in [1.82, 2.24) is 0 Å². The van der Waals surface area contributed by atoms with Gasteiger partial charge in [-0.05, 0) is 116 Å². The summed E-state index contributed by atoms with van der Waals surface area (Å²) < 4.78 is 52.9.